The zero-order chi connectivity index (χ0) is 16.1. The van der Waals surface area contributed by atoms with Crippen LogP contribution in [0.25, 0.3) is 0 Å². The van der Waals surface area contributed by atoms with Crippen molar-refractivity contribution in [2.75, 3.05) is 17.2 Å². The minimum Gasteiger partial charge on any atom is -0.366 e. The fourth-order valence-electron chi connectivity index (χ4n) is 2.01. The van der Waals surface area contributed by atoms with E-state index < -0.39 is 0 Å². The lowest BCUT2D eigenvalue weighted by Crippen LogP contribution is -2.16. The van der Waals surface area contributed by atoms with Gasteiger partial charge in [-0.15, -0.1) is 6.58 Å². The van der Waals surface area contributed by atoms with Crippen LogP contribution in [0.15, 0.2) is 37.2 Å². The molecule has 0 aliphatic carbocycles. The molecule has 22 heavy (non-hydrogen) atoms. The van der Waals surface area contributed by atoms with Gasteiger partial charge in [0.2, 0.25) is 0 Å². The topological polar surface area (TPSA) is 66.9 Å². The fourth-order valence-corrected chi connectivity index (χ4v) is 2.37. The largest absolute Gasteiger partial charge is 0.366 e. The van der Waals surface area contributed by atoms with Gasteiger partial charge < -0.3 is 10.6 Å². The Morgan fingerprint density at radius 2 is 2.09 bits per heavy atom. The Labute approximate surface area is 134 Å². The molecule has 0 aliphatic heterocycles. The van der Waals surface area contributed by atoms with Crippen molar-refractivity contribution in [3.05, 3.63) is 59.0 Å². The van der Waals surface area contributed by atoms with Crippen molar-refractivity contribution in [1.82, 2.24) is 9.97 Å². The van der Waals surface area contributed by atoms with Gasteiger partial charge in [-0.3, -0.25) is 4.79 Å². The van der Waals surface area contributed by atoms with E-state index in [-0.39, 0.29) is 11.6 Å². The summed E-state index contributed by atoms with van der Waals surface area (Å²) in [5.74, 6) is 0.227. The van der Waals surface area contributed by atoms with E-state index in [1.165, 1.54) is 6.33 Å². The first kappa shape index (κ1) is 16.0. The molecule has 0 saturated heterocycles. The number of rotatable bonds is 5. The maximum absolute atomic E-state index is 12.3. The summed E-state index contributed by atoms with van der Waals surface area (Å²) in [6, 6.07) is 5.34. The van der Waals surface area contributed by atoms with Crippen LogP contribution >= 0.6 is 11.6 Å². The van der Waals surface area contributed by atoms with E-state index in [9.17, 15) is 4.79 Å². The average molecular weight is 317 g/mol. The lowest BCUT2D eigenvalue weighted by atomic mass is 10.1. The van der Waals surface area contributed by atoms with Gasteiger partial charge in [0, 0.05) is 12.6 Å². The second kappa shape index (κ2) is 7.04. The summed E-state index contributed by atoms with van der Waals surface area (Å²) in [4.78, 5) is 20.3. The Balaban J connectivity index is 2.21. The van der Waals surface area contributed by atoms with Crippen molar-refractivity contribution >= 4 is 29.0 Å². The predicted octanol–water partition coefficient (Wildman–Crippen LogP) is 3.60. The van der Waals surface area contributed by atoms with Crippen LogP contribution in [0.3, 0.4) is 0 Å². The van der Waals surface area contributed by atoms with Crippen LogP contribution in [-0.4, -0.2) is 22.4 Å². The SMILES string of the molecule is C=CCNc1cc(C(=O)Nc2c(C)cc(C)cc2Cl)ncn1. The van der Waals surface area contributed by atoms with Gasteiger partial charge in [-0.2, -0.15) is 0 Å². The Morgan fingerprint density at radius 3 is 2.77 bits per heavy atom. The van der Waals surface area contributed by atoms with Crippen LogP contribution < -0.4 is 10.6 Å². The fraction of sp³-hybridized carbons (Fsp3) is 0.188. The molecule has 114 valence electrons. The second-order valence-corrected chi connectivity index (χ2v) is 5.26. The highest BCUT2D eigenvalue weighted by Crippen LogP contribution is 2.27. The van der Waals surface area contributed by atoms with Crippen molar-refractivity contribution in [2.24, 2.45) is 0 Å². The lowest BCUT2D eigenvalue weighted by molar-refractivity contribution is 0.102. The molecule has 0 saturated carbocycles. The Hall–Kier alpha value is -2.40. The van der Waals surface area contributed by atoms with Gasteiger partial charge in [-0.05, 0) is 31.0 Å². The zero-order valence-electron chi connectivity index (χ0n) is 12.5. The van der Waals surface area contributed by atoms with Gasteiger partial charge in [0.25, 0.3) is 5.91 Å². The Kier molecular flexibility index (Phi) is 5.12. The average Bonchev–Trinajstić information content (AvgIpc) is 2.49. The number of amides is 1. The number of aryl methyl sites for hydroxylation is 2. The number of benzene rings is 1. The Morgan fingerprint density at radius 1 is 1.32 bits per heavy atom. The van der Waals surface area contributed by atoms with Crippen molar-refractivity contribution in [1.29, 1.82) is 0 Å². The van der Waals surface area contributed by atoms with Crippen molar-refractivity contribution in [2.45, 2.75) is 13.8 Å². The molecule has 1 amide bonds. The van der Waals surface area contributed by atoms with Crippen molar-refractivity contribution < 1.29 is 4.79 Å². The predicted molar refractivity (Wildman–Crippen MR) is 89.6 cm³/mol. The van der Waals surface area contributed by atoms with Crippen LogP contribution in [0, 0.1) is 13.8 Å². The maximum Gasteiger partial charge on any atom is 0.274 e. The van der Waals surface area contributed by atoms with Gasteiger partial charge in [0.15, 0.2) is 0 Å². The molecule has 1 aromatic heterocycles. The lowest BCUT2D eigenvalue weighted by Gasteiger charge is -2.11. The van der Waals surface area contributed by atoms with Crippen LogP contribution in [0.4, 0.5) is 11.5 Å². The number of hydrogen-bond acceptors (Lipinski definition) is 4. The zero-order valence-corrected chi connectivity index (χ0v) is 13.2. The van der Waals surface area contributed by atoms with Crippen LogP contribution in [0.2, 0.25) is 5.02 Å². The van der Waals surface area contributed by atoms with Crippen molar-refractivity contribution in [3.8, 4) is 0 Å². The van der Waals surface area contributed by atoms with Crippen molar-refractivity contribution in [3.63, 3.8) is 0 Å². The van der Waals surface area contributed by atoms with E-state index in [4.69, 9.17) is 11.6 Å². The van der Waals surface area contributed by atoms with E-state index in [1.54, 1.807) is 18.2 Å². The molecule has 0 radical (unpaired) electrons. The number of aromatic nitrogens is 2. The normalized spacial score (nSPS) is 10.1. The minimum atomic E-state index is -0.335. The first-order valence-electron chi connectivity index (χ1n) is 6.76. The molecule has 0 atom stereocenters. The molecule has 0 aliphatic rings. The highest BCUT2D eigenvalue weighted by atomic mass is 35.5. The summed E-state index contributed by atoms with van der Waals surface area (Å²) in [6.07, 6.45) is 3.04. The number of anilines is 2. The maximum atomic E-state index is 12.3. The molecule has 2 aromatic rings. The summed E-state index contributed by atoms with van der Waals surface area (Å²) in [5.41, 5.74) is 2.80. The molecule has 5 nitrogen and oxygen atoms in total. The van der Waals surface area contributed by atoms with Crippen LogP contribution in [-0.2, 0) is 0 Å². The molecular formula is C16H17ClN4O. The summed E-state index contributed by atoms with van der Waals surface area (Å²) in [5, 5.41) is 6.31. The van der Waals surface area contributed by atoms with E-state index in [2.05, 4.69) is 27.2 Å². The van der Waals surface area contributed by atoms with Gasteiger partial charge in [-0.1, -0.05) is 23.7 Å². The van der Waals surface area contributed by atoms with E-state index in [0.29, 0.717) is 23.1 Å². The minimum absolute atomic E-state index is 0.262. The summed E-state index contributed by atoms with van der Waals surface area (Å²) < 4.78 is 0. The third-order valence-corrected chi connectivity index (χ3v) is 3.30. The van der Waals surface area contributed by atoms with Gasteiger partial charge in [0.05, 0.1) is 10.7 Å². The van der Waals surface area contributed by atoms with Crippen LogP contribution in [0.1, 0.15) is 21.6 Å². The molecule has 1 aromatic carbocycles. The molecule has 0 unspecified atom stereocenters. The number of carbonyl (C=O) groups excluding carboxylic acids is 1. The third kappa shape index (κ3) is 3.83. The number of halogens is 1. The molecular weight excluding hydrogens is 300 g/mol. The molecule has 2 rings (SSSR count). The van der Waals surface area contributed by atoms with Gasteiger partial charge in [0.1, 0.15) is 17.8 Å². The number of nitrogens with one attached hydrogen (secondary N) is 2. The smallest absolute Gasteiger partial charge is 0.274 e. The molecule has 0 spiro atoms. The third-order valence-electron chi connectivity index (χ3n) is 3.00. The van der Waals surface area contributed by atoms with E-state index >= 15 is 0 Å². The number of carbonyl (C=O) groups is 1. The highest BCUT2D eigenvalue weighted by Gasteiger charge is 2.13. The summed E-state index contributed by atoms with van der Waals surface area (Å²) in [6.45, 7) is 8.02. The summed E-state index contributed by atoms with van der Waals surface area (Å²) in [7, 11) is 0. The first-order valence-corrected chi connectivity index (χ1v) is 7.14. The standard InChI is InChI=1S/C16H17ClN4O/c1-4-5-18-14-8-13(19-9-20-14)16(22)21-15-11(3)6-10(2)7-12(15)17/h4,6-9H,1,5H2,2-3H3,(H,21,22)(H,18,19,20). The molecule has 6 heteroatoms. The van der Waals surface area contributed by atoms with E-state index in [0.717, 1.165) is 11.1 Å². The first-order chi connectivity index (χ1) is 10.5. The molecule has 0 fully saturated rings. The highest BCUT2D eigenvalue weighted by molar-refractivity contribution is 6.34. The monoisotopic (exact) mass is 316 g/mol. The quantitative estimate of drug-likeness (QED) is 0.827. The summed E-state index contributed by atoms with van der Waals surface area (Å²) >= 11 is 6.20. The number of hydrogen-bond donors (Lipinski definition) is 2. The Bertz CT molecular complexity index is 692. The number of nitrogens with zero attached hydrogens (tertiary/aromatic N) is 2. The molecule has 1 heterocycles. The molecule has 0 bridgehead atoms. The second-order valence-electron chi connectivity index (χ2n) is 4.85. The molecule has 2 N–H and O–H groups in total. The van der Waals surface area contributed by atoms with Gasteiger partial charge in [-0.25, -0.2) is 9.97 Å². The van der Waals surface area contributed by atoms with Gasteiger partial charge >= 0.3 is 0 Å². The van der Waals surface area contributed by atoms with E-state index in [1.807, 2.05) is 19.9 Å². The van der Waals surface area contributed by atoms with Crippen LogP contribution in [0.5, 0.6) is 0 Å².